The monoisotopic (exact) mass is 446 g/mol. The SMILES string of the molecule is COc1ccc(Cl)cc1NC(=O)[C@@H](C)OC(=O)c1ccc(Cl)c(S(N)(=O)=O)c1. The summed E-state index contributed by atoms with van der Waals surface area (Å²) in [6, 6.07) is 8.05. The lowest BCUT2D eigenvalue weighted by molar-refractivity contribution is -0.123. The van der Waals surface area contributed by atoms with E-state index in [1.54, 1.807) is 12.1 Å². The molecule has 3 N–H and O–H groups in total. The number of carbonyl (C=O) groups is 2. The molecule has 0 fully saturated rings. The Hall–Kier alpha value is -2.33. The van der Waals surface area contributed by atoms with E-state index in [0.29, 0.717) is 16.5 Å². The quantitative estimate of drug-likeness (QED) is 0.657. The number of halogens is 2. The summed E-state index contributed by atoms with van der Waals surface area (Å²) in [4.78, 5) is 24.1. The second-order valence-corrected chi connectivity index (χ2v) is 7.95. The first-order chi connectivity index (χ1) is 13.0. The van der Waals surface area contributed by atoms with Crippen molar-refractivity contribution in [1.29, 1.82) is 0 Å². The van der Waals surface area contributed by atoms with Crippen LogP contribution in [0.1, 0.15) is 17.3 Å². The predicted molar refractivity (Wildman–Crippen MR) is 104 cm³/mol. The molecule has 0 saturated carbocycles. The van der Waals surface area contributed by atoms with Crippen LogP contribution < -0.4 is 15.2 Å². The Kier molecular flexibility index (Phi) is 6.89. The number of ether oxygens (including phenoxy) is 2. The summed E-state index contributed by atoms with van der Waals surface area (Å²) in [5.74, 6) is -1.21. The molecule has 0 aliphatic heterocycles. The van der Waals surface area contributed by atoms with E-state index in [2.05, 4.69) is 5.32 Å². The van der Waals surface area contributed by atoms with Gasteiger partial charge in [0.15, 0.2) is 6.10 Å². The van der Waals surface area contributed by atoms with Gasteiger partial charge in [0.2, 0.25) is 10.0 Å². The Labute approximate surface area is 171 Å². The van der Waals surface area contributed by atoms with Gasteiger partial charge in [0.05, 0.1) is 23.4 Å². The zero-order valence-electron chi connectivity index (χ0n) is 14.7. The molecule has 28 heavy (non-hydrogen) atoms. The van der Waals surface area contributed by atoms with Crippen LogP contribution in [0, 0.1) is 0 Å². The van der Waals surface area contributed by atoms with Crippen LogP contribution in [0.3, 0.4) is 0 Å². The van der Waals surface area contributed by atoms with Crippen LogP contribution in [-0.4, -0.2) is 33.5 Å². The summed E-state index contributed by atoms with van der Waals surface area (Å²) >= 11 is 11.7. The van der Waals surface area contributed by atoms with Crippen LogP contribution >= 0.6 is 23.2 Å². The summed E-state index contributed by atoms with van der Waals surface area (Å²) < 4.78 is 33.2. The summed E-state index contributed by atoms with van der Waals surface area (Å²) in [7, 11) is -2.71. The third-order valence-corrected chi connectivity index (χ3v) is 5.17. The normalized spacial score (nSPS) is 12.2. The lowest BCUT2D eigenvalue weighted by Gasteiger charge is -2.15. The Balaban J connectivity index is 2.14. The minimum atomic E-state index is -4.13. The molecule has 0 unspecified atom stereocenters. The number of methoxy groups -OCH3 is 1. The topological polar surface area (TPSA) is 125 Å². The average Bonchev–Trinajstić information content (AvgIpc) is 2.61. The van der Waals surface area contributed by atoms with E-state index in [1.807, 2.05) is 0 Å². The van der Waals surface area contributed by atoms with E-state index in [-0.39, 0.29) is 10.6 Å². The standard InChI is InChI=1S/C17H16Cl2N2O6S/c1-9(16(22)21-13-8-11(18)4-6-14(13)26-2)27-17(23)10-3-5-12(19)15(7-10)28(20,24)25/h3-9H,1-2H3,(H,21,22)(H2,20,24,25)/t9-/m1/s1. The van der Waals surface area contributed by atoms with Gasteiger partial charge in [-0.3, -0.25) is 4.79 Å². The van der Waals surface area contributed by atoms with Crippen LogP contribution in [-0.2, 0) is 19.6 Å². The zero-order chi connectivity index (χ0) is 21.1. The molecular formula is C17H16Cl2N2O6S. The first-order valence-electron chi connectivity index (χ1n) is 7.70. The van der Waals surface area contributed by atoms with Crippen LogP contribution in [0.25, 0.3) is 0 Å². The Morgan fingerprint density at radius 3 is 2.43 bits per heavy atom. The molecule has 0 spiro atoms. The average molecular weight is 447 g/mol. The highest BCUT2D eigenvalue weighted by molar-refractivity contribution is 7.89. The number of benzene rings is 2. The van der Waals surface area contributed by atoms with Crippen molar-refractivity contribution in [2.75, 3.05) is 12.4 Å². The van der Waals surface area contributed by atoms with Crippen LogP contribution in [0.15, 0.2) is 41.3 Å². The lowest BCUT2D eigenvalue weighted by Crippen LogP contribution is -2.30. The number of hydrogen-bond acceptors (Lipinski definition) is 6. The largest absolute Gasteiger partial charge is 0.495 e. The molecule has 2 aromatic rings. The minimum Gasteiger partial charge on any atom is -0.495 e. The molecule has 0 aromatic heterocycles. The lowest BCUT2D eigenvalue weighted by atomic mass is 10.2. The number of nitrogens with two attached hydrogens (primary N) is 1. The molecular weight excluding hydrogens is 431 g/mol. The van der Waals surface area contributed by atoms with E-state index in [1.165, 1.54) is 32.2 Å². The summed E-state index contributed by atoms with van der Waals surface area (Å²) in [5.41, 5.74) is 0.166. The molecule has 0 aliphatic carbocycles. The Morgan fingerprint density at radius 1 is 1.14 bits per heavy atom. The number of amides is 1. The third kappa shape index (κ3) is 5.35. The fourth-order valence-electron chi connectivity index (χ4n) is 2.14. The number of rotatable bonds is 6. The maximum Gasteiger partial charge on any atom is 0.338 e. The third-order valence-electron chi connectivity index (χ3n) is 3.55. The van der Waals surface area contributed by atoms with Crippen molar-refractivity contribution in [3.05, 3.63) is 52.0 Å². The van der Waals surface area contributed by atoms with Gasteiger partial charge < -0.3 is 14.8 Å². The van der Waals surface area contributed by atoms with Crippen LogP contribution in [0.2, 0.25) is 10.0 Å². The number of sulfonamides is 1. The first-order valence-corrected chi connectivity index (χ1v) is 10.0. The number of primary sulfonamides is 1. The van der Waals surface area contributed by atoms with Crippen molar-refractivity contribution in [3.8, 4) is 5.75 Å². The van der Waals surface area contributed by atoms with Crippen molar-refractivity contribution < 1.29 is 27.5 Å². The van der Waals surface area contributed by atoms with E-state index in [4.69, 9.17) is 37.8 Å². The minimum absolute atomic E-state index is 0.131. The van der Waals surface area contributed by atoms with Gasteiger partial charge in [0.1, 0.15) is 10.6 Å². The van der Waals surface area contributed by atoms with E-state index >= 15 is 0 Å². The Morgan fingerprint density at radius 2 is 1.82 bits per heavy atom. The van der Waals surface area contributed by atoms with Crippen molar-refractivity contribution in [1.82, 2.24) is 0 Å². The second kappa shape index (κ2) is 8.78. The molecule has 0 radical (unpaired) electrons. The van der Waals surface area contributed by atoms with Gasteiger partial charge in [-0.05, 0) is 43.3 Å². The van der Waals surface area contributed by atoms with Gasteiger partial charge in [-0.2, -0.15) is 0 Å². The van der Waals surface area contributed by atoms with Crippen molar-refractivity contribution in [3.63, 3.8) is 0 Å². The number of carbonyl (C=O) groups excluding carboxylic acids is 2. The van der Waals surface area contributed by atoms with Crippen molar-refractivity contribution in [2.24, 2.45) is 5.14 Å². The summed E-state index contributed by atoms with van der Waals surface area (Å²) in [6.07, 6.45) is -1.20. The number of nitrogens with one attached hydrogen (secondary N) is 1. The van der Waals surface area contributed by atoms with Gasteiger partial charge in [-0.25, -0.2) is 18.4 Å². The first kappa shape index (κ1) is 22.0. The van der Waals surface area contributed by atoms with E-state index in [9.17, 15) is 18.0 Å². The van der Waals surface area contributed by atoms with Gasteiger partial charge in [0.25, 0.3) is 5.91 Å². The van der Waals surface area contributed by atoms with Crippen molar-refractivity contribution >= 4 is 50.8 Å². The highest BCUT2D eigenvalue weighted by Gasteiger charge is 2.22. The van der Waals surface area contributed by atoms with Gasteiger partial charge >= 0.3 is 5.97 Å². The molecule has 0 aliphatic rings. The van der Waals surface area contributed by atoms with Gasteiger partial charge in [0, 0.05) is 5.02 Å². The van der Waals surface area contributed by atoms with Gasteiger partial charge in [-0.15, -0.1) is 0 Å². The molecule has 2 rings (SSSR count). The Bertz CT molecular complexity index is 1030. The molecule has 1 amide bonds. The molecule has 0 heterocycles. The second-order valence-electron chi connectivity index (χ2n) is 5.57. The summed E-state index contributed by atoms with van der Waals surface area (Å²) in [6.45, 7) is 1.35. The molecule has 8 nitrogen and oxygen atoms in total. The molecule has 2 aromatic carbocycles. The van der Waals surface area contributed by atoms with Crippen molar-refractivity contribution in [2.45, 2.75) is 17.9 Å². The van der Waals surface area contributed by atoms with Crippen LogP contribution in [0.5, 0.6) is 5.75 Å². The van der Waals surface area contributed by atoms with E-state index in [0.717, 1.165) is 6.07 Å². The number of hydrogen-bond donors (Lipinski definition) is 2. The fourth-order valence-corrected chi connectivity index (χ4v) is 3.39. The van der Waals surface area contributed by atoms with Gasteiger partial charge in [-0.1, -0.05) is 23.2 Å². The smallest absolute Gasteiger partial charge is 0.338 e. The molecule has 1 atom stereocenters. The number of esters is 1. The molecule has 11 heteroatoms. The maximum absolute atomic E-state index is 12.3. The van der Waals surface area contributed by atoms with Crippen LogP contribution in [0.4, 0.5) is 5.69 Å². The predicted octanol–water partition coefficient (Wildman–Crippen LogP) is 2.83. The zero-order valence-corrected chi connectivity index (χ0v) is 17.1. The number of anilines is 1. The molecule has 0 bridgehead atoms. The maximum atomic E-state index is 12.3. The highest BCUT2D eigenvalue weighted by Crippen LogP contribution is 2.28. The fraction of sp³-hybridized carbons (Fsp3) is 0.176. The summed E-state index contributed by atoms with van der Waals surface area (Å²) in [5, 5.41) is 7.82. The molecule has 0 saturated heterocycles. The molecule has 150 valence electrons. The highest BCUT2D eigenvalue weighted by atomic mass is 35.5. The van der Waals surface area contributed by atoms with E-state index < -0.39 is 32.9 Å².